The Morgan fingerprint density at radius 3 is 0.870 bits per heavy atom. The molecule has 5 rings (SSSR count). The number of likely N-dealkylation sites (N-methyl/N-ethyl adjacent to an activating group) is 1. The number of aliphatic hydroxyl groups excluding tert-OH is 2. The molecule has 0 spiro atoms. The van der Waals surface area contributed by atoms with Gasteiger partial charge in [-0.25, -0.2) is 4.79 Å². The summed E-state index contributed by atoms with van der Waals surface area (Å²) in [5.41, 5.74) is 9.87. The summed E-state index contributed by atoms with van der Waals surface area (Å²) in [5.74, 6) is -4.25. The number of hydrogen-bond acceptors (Lipinski definition) is 25. The van der Waals surface area contributed by atoms with Crippen molar-refractivity contribution in [1.82, 2.24) is 26.6 Å². The van der Waals surface area contributed by atoms with Gasteiger partial charge in [-0.1, -0.05) is 113 Å². The summed E-state index contributed by atoms with van der Waals surface area (Å²) in [7, 11) is 5.15. The molecule has 32 nitrogen and oxygen atoms in total. The quantitative estimate of drug-likeness (QED) is 0.0101. The molecular formula is C83H132N6O26. The van der Waals surface area contributed by atoms with Crippen molar-refractivity contribution in [2.45, 2.75) is 245 Å². The molecule has 0 aliphatic rings. The number of nitrogens with two attached hydrogens (primary N) is 1. The Hall–Kier alpha value is -11.1. The van der Waals surface area contributed by atoms with E-state index in [2.05, 4.69) is 40.8 Å². The van der Waals surface area contributed by atoms with Crippen LogP contribution in [0.4, 0.5) is 0 Å². The number of hydrogen-bond donors (Lipinski definition) is 14. The summed E-state index contributed by atoms with van der Waals surface area (Å²) >= 11 is 0. The minimum atomic E-state index is -2.11. The normalized spacial score (nSPS) is 11.2. The molecule has 115 heavy (non-hydrogen) atoms. The van der Waals surface area contributed by atoms with Gasteiger partial charge in [-0.2, -0.15) is 0 Å². The SMILES string of the molecule is C.C.C.C.C.C.C.CNC(=O)C(Cc1ccc(OC(C(O)O)C(O)O)cc1)NC(=O)CCC(=O)O.COC(=O)CCC(=O)NC(Cc1ccc(O)cc1)C(C)=O.COC(=O)CCC(=O)NC(Cc1ccc(OC(C)C)cc1)C(=O)O.COC(=O)CCC(=O)NC(Cc1ccc(OC(C)C)cc1)C(C)=O.C[C@@H](N)Cc1ccc(O)cc1. The van der Waals surface area contributed by atoms with E-state index in [0.29, 0.717) is 29.9 Å². The maximum atomic E-state index is 12.0. The lowest BCUT2D eigenvalue weighted by Gasteiger charge is -2.22. The molecule has 15 N–H and O–H groups in total. The van der Waals surface area contributed by atoms with Crippen LogP contribution in [0.5, 0.6) is 28.7 Å². The van der Waals surface area contributed by atoms with Crippen LogP contribution >= 0.6 is 0 Å². The highest BCUT2D eigenvalue weighted by molar-refractivity contribution is 5.91. The number of amides is 5. The average Bonchev–Trinajstić information content (AvgIpc) is 0.880. The Kier molecular flexibility index (Phi) is 65.6. The predicted molar refractivity (Wildman–Crippen MR) is 439 cm³/mol. The van der Waals surface area contributed by atoms with E-state index in [1.807, 2.05) is 71.0 Å². The van der Waals surface area contributed by atoms with Crippen LogP contribution in [0.15, 0.2) is 121 Å². The molecule has 0 aliphatic carbocycles. The first kappa shape index (κ1) is 117. The molecule has 650 valence electrons. The Morgan fingerprint density at radius 1 is 0.365 bits per heavy atom. The Morgan fingerprint density at radius 2 is 0.617 bits per heavy atom. The van der Waals surface area contributed by atoms with E-state index in [-0.39, 0.29) is 169 Å². The number of esters is 3. The number of benzene rings is 5. The molecule has 32 heteroatoms. The number of aliphatic hydroxyl groups is 4. The van der Waals surface area contributed by atoms with E-state index >= 15 is 0 Å². The van der Waals surface area contributed by atoms with E-state index in [9.17, 15) is 67.7 Å². The van der Waals surface area contributed by atoms with Crippen molar-refractivity contribution in [2.75, 3.05) is 28.4 Å². The molecule has 0 heterocycles. The van der Waals surface area contributed by atoms with Gasteiger partial charge < -0.3 is 102 Å². The lowest BCUT2D eigenvalue weighted by molar-refractivity contribution is -0.201. The van der Waals surface area contributed by atoms with Crippen molar-refractivity contribution in [3.8, 4) is 28.7 Å². The lowest BCUT2D eigenvalue weighted by Crippen LogP contribution is -2.47. The molecule has 0 saturated heterocycles. The molecule has 4 unspecified atom stereocenters. The van der Waals surface area contributed by atoms with E-state index in [0.717, 1.165) is 34.4 Å². The smallest absolute Gasteiger partial charge is 0.326 e. The zero-order chi connectivity index (χ0) is 81.6. The van der Waals surface area contributed by atoms with Crippen LogP contribution in [0.3, 0.4) is 0 Å². The van der Waals surface area contributed by atoms with Crippen LogP contribution in [-0.4, -0.2) is 201 Å². The topological polar surface area (TPSA) is 508 Å². The summed E-state index contributed by atoms with van der Waals surface area (Å²) in [4.78, 5) is 137. The summed E-state index contributed by atoms with van der Waals surface area (Å²) in [5, 5.41) is 84.8. The number of ether oxygens (including phenoxy) is 6. The first-order valence-corrected chi connectivity index (χ1v) is 34.2. The van der Waals surface area contributed by atoms with Gasteiger partial charge in [-0.3, -0.25) is 52.7 Å². The van der Waals surface area contributed by atoms with Crippen LogP contribution in [-0.2, 0) is 104 Å². The van der Waals surface area contributed by atoms with Crippen LogP contribution in [0.25, 0.3) is 0 Å². The number of carboxylic acid groups (broad SMARTS) is 2. The van der Waals surface area contributed by atoms with E-state index in [4.69, 9.17) is 50.6 Å². The number of methoxy groups -OCH3 is 3. The first-order chi connectivity index (χ1) is 50.9. The molecule has 0 radical (unpaired) electrons. The second kappa shape index (κ2) is 64.3. The molecule has 5 amide bonds. The average molecular weight is 1630 g/mol. The van der Waals surface area contributed by atoms with Gasteiger partial charge in [0.15, 0.2) is 30.3 Å². The number of nitrogens with one attached hydrogen (secondary N) is 5. The van der Waals surface area contributed by atoms with Crippen molar-refractivity contribution >= 4 is 70.9 Å². The first-order valence-electron chi connectivity index (χ1n) is 34.2. The van der Waals surface area contributed by atoms with Gasteiger partial charge in [0, 0.05) is 51.6 Å². The summed E-state index contributed by atoms with van der Waals surface area (Å²) in [6.45, 7) is 12.5. The third kappa shape index (κ3) is 54.3. The Bertz CT molecular complexity index is 3480. The fraction of sp³-hybridized carbons (Fsp3) is 0.494. The highest BCUT2D eigenvalue weighted by Crippen LogP contribution is 2.20. The van der Waals surface area contributed by atoms with Gasteiger partial charge in [0.05, 0.1) is 71.3 Å². The van der Waals surface area contributed by atoms with Crippen molar-refractivity contribution in [3.05, 3.63) is 149 Å². The van der Waals surface area contributed by atoms with Crippen LogP contribution in [0.2, 0.25) is 0 Å². The fourth-order valence-electron chi connectivity index (χ4n) is 9.08. The predicted octanol–water partition coefficient (Wildman–Crippen LogP) is 7.97. The van der Waals surface area contributed by atoms with Crippen LogP contribution < -0.4 is 46.5 Å². The zero-order valence-corrected chi connectivity index (χ0v) is 62.5. The minimum absolute atomic E-state index is 0. The van der Waals surface area contributed by atoms with Gasteiger partial charge >= 0.3 is 29.8 Å². The van der Waals surface area contributed by atoms with Gasteiger partial charge in [0.2, 0.25) is 29.5 Å². The summed E-state index contributed by atoms with van der Waals surface area (Å²) in [6, 6.07) is 30.8. The highest BCUT2D eigenvalue weighted by Gasteiger charge is 2.28. The molecule has 5 aromatic rings. The summed E-state index contributed by atoms with van der Waals surface area (Å²) < 4.78 is 29.6. The molecule has 0 aliphatic heterocycles. The number of aromatic hydroxyl groups is 2. The molecule has 5 aromatic carbocycles. The molecule has 0 aromatic heterocycles. The van der Waals surface area contributed by atoms with Gasteiger partial charge in [-0.15, -0.1) is 0 Å². The van der Waals surface area contributed by atoms with Crippen molar-refractivity contribution < 1.29 is 127 Å². The minimum Gasteiger partial charge on any atom is -0.508 e. The van der Waals surface area contributed by atoms with E-state index < -0.39 is 90.4 Å². The van der Waals surface area contributed by atoms with Crippen molar-refractivity contribution in [1.29, 1.82) is 0 Å². The molecular weight excluding hydrogens is 1500 g/mol. The summed E-state index contributed by atoms with van der Waals surface area (Å²) in [6.07, 6.45) is -4.79. The number of phenols is 2. The maximum Gasteiger partial charge on any atom is 0.326 e. The third-order valence-corrected chi connectivity index (χ3v) is 14.7. The lowest BCUT2D eigenvalue weighted by atomic mass is 10.0. The monoisotopic (exact) mass is 1630 g/mol. The van der Waals surface area contributed by atoms with E-state index in [1.54, 1.807) is 60.7 Å². The fourth-order valence-corrected chi connectivity index (χ4v) is 9.08. The Balaban J connectivity index is -0.000000255. The second-order valence-corrected chi connectivity index (χ2v) is 24.8. The largest absolute Gasteiger partial charge is 0.508 e. The van der Waals surface area contributed by atoms with Crippen LogP contribution in [0, 0.1) is 0 Å². The Labute approximate surface area is 678 Å². The number of carboxylic acids is 2. The maximum absolute atomic E-state index is 12.0. The molecule has 0 bridgehead atoms. The number of carbonyl (C=O) groups excluding carboxylic acids is 10. The van der Waals surface area contributed by atoms with Crippen LogP contribution in [0.1, 0.15) is 180 Å². The highest BCUT2D eigenvalue weighted by atomic mass is 16.6. The number of ketones is 2. The van der Waals surface area contributed by atoms with E-state index in [1.165, 1.54) is 66.5 Å². The second-order valence-electron chi connectivity index (χ2n) is 24.8. The number of carbonyl (C=O) groups is 12. The molecule has 0 fully saturated rings. The van der Waals surface area contributed by atoms with Gasteiger partial charge in [0.1, 0.15) is 40.8 Å². The number of Topliss-reactive ketones (excluding diaryl/α,β-unsaturated/α-hetero) is 2. The molecule has 0 saturated carbocycles. The van der Waals surface area contributed by atoms with Crippen molar-refractivity contribution in [2.24, 2.45) is 5.73 Å². The third-order valence-electron chi connectivity index (χ3n) is 14.7. The number of aliphatic carboxylic acids is 2. The number of phenolic OH excluding ortho intramolecular Hbond substituents is 2. The molecule has 5 atom stereocenters. The van der Waals surface area contributed by atoms with Gasteiger partial charge in [-0.05, 0) is 156 Å². The number of rotatable bonds is 38. The van der Waals surface area contributed by atoms with Crippen molar-refractivity contribution in [3.63, 3.8) is 0 Å². The zero-order valence-electron chi connectivity index (χ0n) is 62.5. The standard InChI is InChI=1S/C18H25NO5.C17H24N2O9.C17H23NO6.C15H19NO5.C9H13NO.7CH4/c1-12(2)24-15-7-5-14(6-8-15)11-16(13(3)20)19-17(21)9-10-18(22)23-4;1-18-15(23)11(19-12(20)6-7-13(21)22)8-9-2-4-10(5-3-9)28-14(16(24)25)17(26)27;1-11(2)24-13-6-4-12(5-7-13)10-14(17(21)22)18-15(19)8-9-16(20)23-3;1-10(17)13(9-11-3-5-12(18)6-4-11)16-14(19)7-8-15(20)21-2;1-7(10)6-8-2-4-9(11)5-3-8;;;;;;;/h5-8,12,16H,9-11H2,1-4H3,(H,19,21);2-5,11,14,16-17,24-27H,6-8H2,1H3,(H,18,23)(H,19,20)(H,21,22);4-7,11,14H,8-10H2,1-3H3,(H,18,19)(H,21,22);3-6,13,18H,7-9H2,1-2H3,(H,16,19);2-5,7,11H,6,10H2,1H3;7*1H4/t;;;;7-;;;;;;;/m....1......./s1. The van der Waals surface area contributed by atoms with Gasteiger partial charge in [0.25, 0.3) is 0 Å².